The van der Waals surface area contributed by atoms with Crippen LogP contribution in [0.3, 0.4) is 0 Å². The van der Waals surface area contributed by atoms with Crippen molar-refractivity contribution in [3.05, 3.63) is 78.0 Å². The summed E-state index contributed by atoms with van der Waals surface area (Å²) in [6.45, 7) is 3.93. The van der Waals surface area contributed by atoms with Crippen molar-refractivity contribution < 1.29 is 9.59 Å². The van der Waals surface area contributed by atoms with Gasteiger partial charge in [0.1, 0.15) is 5.78 Å². The van der Waals surface area contributed by atoms with Crippen LogP contribution in [0.2, 0.25) is 0 Å². The van der Waals surface area contributed by atoms with Crippen molar-refractivity contribution >= 4 is 23.5 Å². The summed E-state index contributed by atoms with van der Waals surface area (Å²) < 4.78 is 0. The number of hydrogen-bond donors (Lipinski definition) is 0. The predicted molar refractivity (Wildman–Crippen MR) is 103 cm³/mol. The van der Waals surface area contributed by atoms with Crippen molar-refractivity contribution in [3.63, 3.8) is 0 Å². The highest BCUT2D eigenvalue weighted by Crippen LogP contribution is 2.20. The van der Waals surface area contributed by atoms with E-state index in [0.717, 1.165) is 16.9 Å². The number of benzene rings is 2. The van der Waals surface area contributed by atoms with Gasteiger partial charge in [-0.2, -0.15) is 0 Å². The van der Waals surface area contributed by atoms with Crippen LogP contribution in [0.25, 0.3) is 0 Å². The molecule has 2 rings (SSSR count). The first-order chi connectivity index (χ1) is 12.0. The third kappa shape index (κ3) is 6.98. The summed E-state index contributed by atoms with van der Waals surface area (Å²) in [6, 6.07) is 20.0. The molecule has 0 aliphatic carbocycles. The molecule has 0 unspecified atom stereocenters. The number of carbonyl (C=O) groups is 2. The van der Waals surface area contributed by atoms with E-state index in [4.69, 9.17) is 0 Å². The van der Waals surface area contributed by atoms with Crippen LogP contribution in [-0.4, -0.2) is 22.3 Å². The van der Waals surface area contributed by atoms with Crippen LogP contribution in [0, 0.1) is 0 Å². The van der Waals surface area contributed by atoms with Gasteiger partial charge in [-0.25, -0.2) is 0 Å². The van der Waals surface area contributed by atoms with E-state index in [1.807, 2.05) is 61.7 Å². The summed E-state index contributed by atoms with van der Waals surface area (Å²) in [6.07, 6.45) is 1.80. The first-order valence-electron chi connectivity index (χ1n) is 8.22. The lowest BCUT2D eigenvalue weighted by molar-refractivity contribution is -0.133. The third-order valence-corrected chi connectivity index (χ3v) is 4.71. The van der Waals surface area contributed by atoms with E-state index in [9.17, 15) is 9.59 Å². The van der Waals surface area contributed by atoms with Gasteiger partial charge in [0.2, 0.25) is 5.91 Å². The molecule has 2 aromatic carbocycles. The predicted octanol–water partition coefficient (Wildman–Crippen LogP) is 4.69. The summed E-state index contributed by atoms with van der Waals surface area (Å²) in [5.41, 5.74) is 2.13. The molecule has 0 fully saturated rings. The second kappa shape index (κ2) is 9.84. The van der Waals surface area contributed by atoms with Crippen molar-refractivity contribution in [1.82, 2.24) is 4.90 Å². The number of carbonyl (C=O) groups excluding carboxylic acids is 2. The molecule has 0 radical (unpaired) electrons. The van der Waals surface area contributed by atoms with E-state index in [1.165, 1.54) is 11.8 Å². The van der Waals surface area contributed by atoms with Crippen molar-refractivity contribution in [3.8, 4) is 0 Å². The fraction of sp³-hybridized carbons (Fsp3) is 0.238. The van der Waals surface area contributed by atoms with Crippen LogP contribution in [0.4, 0.5) is 0 Å². The van der Waals surface area contributed by atoms with Crippen molar-refractivity contribution in [2.45, 2.75) is 31.7 Å². The van der Waals surface area contributed by atoms with E-state index in [1.54, 1.807) is 16.7 Å². The summed E-state index contributed by atoms with van der Waals surface area (Å²) in [5, 5.41) is 0. The van der Waals surface area contributed by atoms with Crippen LogP contribution in [0.5, 0.6) is 0 Å². The molecule has 3 nitrogen and oxygen atoms in total. The second-order valence-electron chi connectivity index (χ2n) is 5.96. The Balaban J connectivity index is 2.07. The Bertz CT molecular complexity index is 726. The van der Waals surface area contributed by atoms with Crippen LogP contribution >= 0.6 is 11.8 Å². The molecule has 0 aliphatic rings. The summed E-state index contributed by atoms with van der Waals surface area (Å²) >= 11 is 1.73. The minimum absolute atomic E-state index is 0.0670. The maximum absolute atomic E-state index is 12.4. The SMILES string of the molecule is CC(=O)CC(=O)N(/C=C(/C)CSc1ccccc1)Cc1ccccc1. The topological polar surface area (TPSA) is 37.4 Å². The Labute approximate surface area is 153 Å². The van der Waals surface area contributed by atoms with Gasteiger partial charge in [-0.3, -0.25) is 9.59 Å². The molecular weight excluding hydrogens is 330 g/mol. The van der Waals surface area contributed by atoms with Crippen LogP contribution < -0.4 is 0 Å². The van der Waals surface area contributed by atoms with Crippen molar-refractivity contribution in [2.75, 3.05) is 5.75 Å². The standard InChI is InChI=1S/C21H23NO2S/c1-17(16-25-20-11-7-4-8-12-20)14-22(21(24)13-18(2)23)15-19-9-5-3-6-10-19/h3-12,14H,13,15-16H2,1-2H3/b17-14-. The molecular formula is C21H23NO2S. The second-order valence-corrected chi connectivity index (χ2v) is 7.01. The zero-order valence-corrected chi connectivity index (χ0v) is 15.5. The molecule has 0 bridgehead atoms. The quantitative estimate of drug-likeness (QED) is 0.510. The number of Topliss-reactive ketones (excluding diaryl/α,β-unsaturated/α-hetero) is 1. The zero-order chi connectivity index (χ0) is 18.1. The molecule has 0 aliphatic heterocycles. The van der Waals surface area contributed by atoms with Crippen LogP contribution in [0.1, 0.15) is 25.8 Å². The molecule has 0 saturated carbocycles. The molecule has 130 valence electrons. The molecule has 0 saturated heterocycles. The minimum Gasteiger partial charge on any atom is -0.314 e. The van der Waals surface area contributed by atoms with Gasteiger partial charge in [0.15, 0.2) is 0 Å². The number of ketones is 1. The summed E-state index contributed by atoms with van der Waals surface area (Å²) in [4.78, 5) is 26.6. The summed E-state index contributed by atoms with van der Waals surface area (Å²) in [5.74, 6) is 0.510. The lowest BCUT2D eigenvalue weighted by Crippen LogP contribution is -2.27. The Morgan fingerprint density at radius 1 is 0.960 bits per heavy atom. The van der Waals surface area contributed by atoms with Gasteiger partial charge in [-0.15, -0.1) is 11.8 Å². The number of amides is 1. The van der Waals surface area contributed by atoms with Crippen LogP contribution in [-0.2, 0) is 16.1 Å². The molecule has 25 heavy (non-hydrogen) atoms. The van der Waals surface area contributed by atoms with Gasteiger partial charge in [0.25, 0.3) is 0 Å². The Kier molecular flexibility index (Phi) is 7.48. The number of nitrogens with zero attached hydrogens (tertiary/aromatic N) is 1. The molecule has 0 atom stereocenters. The fourth-order valence-corrected chi connectivity index (χ4v) is 3.14. The third-order valence-electron chi connectivity index (χ3n) is 3.50. The summed E-state index contributed by atoms with van der Waals surface area (Å²) in [7, 11) is 0. The lowest BCUT2D eigenvalue weighted by atomic mass is 10.2. The number of rotatable bonds is 8. The molecule has 1 amide bonds. The van der Waals surface area contributed by atoms with E-state index < -0.39 is 0 Å². The normalized spacial score (nSPS) is 11.2. The minimum atomic E-state index is -0.166. The van der Waals surface area contributed by atoms with E-state index >= 15 is 0 Å². The van der Waals surface area contributed by atoms with E-state index in [0.29, 0.717) is 6.54 Å². The first-order valence-corrected chi connectivity index (χ1v) is 9.21. The van der Waals surface area contributed by atoms with Gasteiger partial charge in [-0.1, -0.05) is 48.5 Å². The highest BCUT2D eigenvalue weighted by atomic mass is 32.2. The number of hydrogen-bond acceptors (Lipinski definition) is 3. The molecule has 0 heterocycles. The van der Waals surface area contributed by atoms with Gasteiger partial charge in [-0.05, 0) is 37.1 Å². The van der Waals surface area contributed by atoms with Gasteiger partial charge < -0.3 is 4.90 Å². The lowest BCUT2D eigenvalue weighted by Gasteiger charge is -2.19. The van der Waals surface area contributed by atoms with Crippen molar-refractivity contribution in [2.24, 2.45) is 0 Å². The maximum atomic E-state index is 12.4. The molecule has 0 spiro atoms. The van der Waals surface area contributed by atoms with E-state index in [2.05, 4.69) is 12.1 Å². The van der Waals surface area contributed by atoms with Gasteiger partial charge >= 0.3 is 0 Å². The van der Waals surface area contributed by atoms with Gasteiger partial charge in [0, 0.05) is 16.8 Å². The Hall–Kier alpha value is -2.33. The number of thioether (sulfide) groups is 1. The van der Waals surface area contributed by atoms with Crippen LogP contribution in [0.15, 0.2) is 77.3 Å². The van der Waals surface area contributed by atoms with Gasteiger partial charge in [0.05, 0.1) is 13.0 Å². The molecule has 0 aromatic heterocycles. The highest BCUT2D eigenvalue weighted by Gasteiger charge is 2.14. The largest absolute Gasteiger partial charge is 0.314 e. The molecule has 0 N–H and O–H groups in total. The fourth-order valence-electron chi connectivity index (χ4n) is 2.32. The average molecular weight is 353 g/mol. The Morgan fingerprint density at radius 2 is 1.56 bits per heavy atom. The smallest absolute Gasteiger partial charge is 0.234 e. The average Bonchev–Trinajstić information content (AvgIpc) is 2.60. The zero-order valence-electron chi connectivity index (χ0n) is 14.6. The van der Waals surface area contributed by atoms with Crippen molar-refractivity contribution in [1.29, 1.82) is 0 Å². The molecule has 2 aromatic rings. The first kappa shape index (κ1) is 19.0. The maximum Gasteiger partial charge on any atom is 0.234 e. The molecule has 4 heteroatoms. The highest BCUT2D eigenvalue weighted by molar-refractivity contribution is 7.99. The Morgan fingerprint density at radius 3 is 2.16 bits per heavy atom. The van der Waals surface area contributed by atoms with E-state index in [-0.39, 0.29) is 18.1 Å². The monoisotopic (exact) mass is 353 g/mol.